The number of imidazole rings is 1. The van der Waals surface area contributed by atoms with Crippen LogP contribution in [0.15, 0.2) is 0 Å². The van der Waals surface area contributed by atoms with Crippen LogP contribution in [0.25, 0.3) is 0 Å². The molecule has 1 aliphatic carbocycles. The number of hydrogen-bond donors (Lipinski definition) is 1. The van der Waals surface area contributed by atoms with Crippen molar-refractivity contribution >= 4 is 5.82 Å². The van der Waals surface area contributed by atoms with Crippen LogP contribution < -0.4 is 5.73 Å². The summed E-state index contributed by atoms with van der Waals surface area (Å²) in [6.07, 6.45) is 5.80. The topological polar surface area (TPSA) is 43.8 Å². The molecule has 1 aliphatic rings. The molecule has 3 heteroatoms. The average molecular weight is 221 g/mol. The van der Waals surface area contributed by atoms with Crippen molar-refractivity contribution in [3.8, 4) is 0 Å². The van der Waals surface area contributed by atoms with E-state index in [0.29, 0.717) is 12.0 Å². The number of nitrogen functional groups attached to an aromatic ring is 1. The van der Waals surface area contributed by atoms with Crippen molar-refractivity contribution in [2.45, 2.75) is 64.8 Å². The van der Waals surface area contributed by atoms with Crippen molar-refractivity contribution in [3.05, 3.63) is 11.5 Å². The third kappa shape index (κ3) is 1.83. The summed E-state index contributed by atoms with van der Waals surface area (Å²) in [6.45, 7) is 6.60. The van der Waals surface area contributed by atoms with Gasteiger partial charge in [0, 0.05) is 18.4 Å². The van der Waals surface area contributed by atoms with Crippen molar-refractivity contribution in [2.75, 3.05) is 5.73 Å². The predicted octanol–water partition coefficient (Wildman–Crippen LogP) is 3.27. The lowest BCUT2D eigenvalue weighted by atomic mass is 9.99. The molecule has 0 unspecified atom stereocenters. The number of nitrogens with two attached hydrogens (primary N) is 1. The molecule has 1 fully saturated rings. The van der Waals surface area contributed by atoms with Crippen LogP contribution in [0.4, 0.5) is 5.82 Å². The van der Waals surface area contributed by atoms with Crippen LogP contribution in [0.3, 0.4) is 0 Å². The number of rotatable bonds is 5. The van der Waals surface area contributed by atoms with Crippen molar-refractivity contribution in [2.24, 2.45) is 0 Å². The third-order valence-electron chi connectivity index (χ3n) is 3.65. The van der Waals surface area contributed by atoms with Gasteiger partial charge in [-0.3, -0.25) is 0 Å². The normalized spacial score (nSPS) is 16.0. The molecule has 0 saturated heterocycles. The van der Waals surface area contributed by atoms with Crippen LogP contribution in [0, 0.1) is 0 Å². The van der Waals surface area contributed by atoms with E-state index in [1.807, 2.05) is 0 Å². The zero-order valence-corrected chi connectivity index (χ0v) is 10.7. The van der Waals surface area contributed by atoms with Crippen LogP contribution in [0.2, 0.25) is 0 Å². The molecule has 1 heterocycles. The van der Waals surface area contributed by atoms with E-state index in [-0.39, 0.29) is 0 Å². The highest BCUT2D eigenvalue weighted by Gasteiger charge is 2.30. The number of hydrogen-bond acceptors (Lipinski definition) is 2. The van der Waals surface area contributed by atoms with Gasteiger partial charge in [0.2, 0.25) is 0 Å². The van der Waals surface area contributed by atoms with Crippen LogP contribution in [0.1, 0.15) is 69.9 Å². The summed E-state index contributed by atoms with van der Waals surface area (Å²) in [5.74, 6) is 2.65. The summed E-state index contributed by atoms with van der Waals surface area (Å²) in [6, 6.07) is 0.644. The van der Waals surface area contributed by atoms with Crippen LogP contribution >= 0.6 is 0 Å². The van der Waals surface area contributed by atoms with E-state index in [1.54, 1.807) is 0 Å². The minimum absolute atomic E-state index is 0.533. The second-order valence-electron chi connectivity index (χ2n) is 4.77. The number of aromatic nitrogens is 2. The van der Waals surface area contributed by atoms with Gasteiger partial charge >= 0.3 is 0 Å². The molecule has 0 radical (unpaired) electrons. The van der Waals surface area contributed by atoms with Gasteiger partial charge in [0.25, 0.3) is 0 Å². The first kappa shape index (κ1) is 11.5. The third-order valence-corrected chi connectivity index (χ3v) is 3.65. The van der Waals surface area contributed by atoms with Crippen LogP contribution in [-0.2, 0) is 6.42 Å². The molecular formula is C13H23N3. The lowest BCUT2D eigenvalue weighted by molar-refractivity contribution is 0.627. The minimum atomic E-state index is 0.533. The van der Waals surface area contributed by atoms with Crippen molar-refractivity contribution in [1.29, 1.82) is 0 Å². The van der Waals surface area contributed by atoms with Gasteiger partial charge in [-0.2, -0.15) is 0 Å². The highest BCUT2D eigenvalue weighted by atomic mass is 15.2. The van der Waals surface area contributed by atoms with Gasteiger partial charge in [0.15, 0.2) is 0 Å². The molecule has 1 saturated carbocycles. The fraction of sp³-hybridized carbons (Fsp3) is 0.769. The molecule has 1 aromatic rings. The zero-order chi connectivity index (χ0) is 11.7. The molecule has 0 atom stereocenters. The van der Waals surface area contributed by atoms with Gasteiger partial charge in [-0.1, -0.05) is 20.8 Å². The van der Waals surface area contributed by atoms with Crippen molar-refractivity contribution < 1.29 is 0 Å². The van der Waals surface area contributed by atoms with Gasteiger partial charge in [-0.25, -0.2) is 4.98 Å². The lowest BCUT2D eigenvalue weighted by Gasteiger charge is -2.11. The first-order valence-electron chi connectivity index (χ1n) is 6.59. The summed E-state index contributed by atoms with van der Waals surface area (Å²) in [5, 5.41) is 0. The van der Waals surface area contributed by atoms with Crippen molar-refractivity contribution in [3.63, 3.8) is 0 Å². The van der Waals surface area contributed by atoms with E-state index in [1.165, 1.54) is 18.7 Å². The van der Waals surface area contributed by atoms with Crippen LogP contribution in [0.5, 0.6) is 0 Å². The Bertz CT molecular complexity index is 359. The first-order chi connectivity index (χ1) is 7.72. The minimum Gasteiger partial charge on any atom is -0.384 e. The number of anilines is 1. The Kier molecular flexibility index (Phi) is 3.22. The molecule has 1 aromatic heterocycles. The average Bonchev–Trinajstić information content (AvgIpc) is 3.07. The van der Waals surface area contributed by atoms with Crippen LogP contribution in [-0.4, -0.2) is 9.55 Å². The van der Waals surface area contributed by atoms with E-state index in [9.17, 15) is 0 Å². The second-order valence-corrected chi connectivity index (χ2v) is 4.77. The van der Waals surface area contributed by atoms with E-state index in [2.05, 4.69) is 25.3 Å². The molecule has 0 amide bonds. The van der Waals surface area contributed by atoms with Gasteiger partial charge in [0.05, 0.1) is 5.69 Å². The second kappa shape index (κ2) is 4.48. The molecule has 0 bridgehead atoms. The fourth-order valence-electron chi connectivity index (χ4n) is 2.48. The Morgan fingerprint density at radius 3 is 2.38 bits per heavy atom. The first-order valence-corrected chi connectivity index (χ1v) is 6.59. The molecule has 16 heavy (non-hydrogen) atoms. The fourth-order valence-corrected chi connectivity index (χ4v) is 2.48. The molecule has 0 spiro atoms. The molecule has 3 nitrogen and oxygen atoms in total. The van der Waals surface area contributed by atoms with Gasteiger partial charge in [0.1, 0.15) is 11.6 Å². The number of nitrogens with zero attached hydrogens (tertiary/aromatic N) is 2. The highest BCUT2D eigenvalue weighted by molar-refractivity contribution is 5.42. The SMILES string of the molecule is CCc1nc(C(CC)CC)c(N)n1C1CC1. The molecular weight excluding hydrogens is 198 g/mol. The summed E-state index contributed by atoms with van der Waals surface area (Å²) < 4.78 is 2.29. The monoisotopic (exact) mass is 221 g/mol. The van der Waals surface area contributed by atoms with Crippen molar-refractivity contribution in [1.82, 2.24) is 9.55 Å². The summed E-state index contributed by atoms with van der Waals surface area (Å²) in [7, 11) is 0. The smallest absolute Gasteiger partial charge is 0.127 e. The molecule has 0 aromatic carbocycles. The van der Waals surface area contributed by atoms with E-state index < -0.39 is 0 Å². The molecule has 90 valence electrons. The zero-order valence-electron chi connectivity index (χ0n) is 10.7. The van der Waals surface area contributed by atoms with Gasteiger partial charge < -0.3 is 10.3 Å². The maximum atomic E-state index is 6.27. The highest BCUT2D eigenvalue weighted by Crippen LogP contribution is 2.40. The standard InChI is InChI=1S/C13H23N3/c1-4-9(5-2)12-13(14)16(10-7-8-10)11(6-3)15-12/h9-10H,4-8,14H2,1-3H3. The largest absolute Gasteiger partial charge is 0.384 e. The summed E-state index contributed by atoms with van der Waals surface area (Å²) >= 11 is 0. The maximum Gasteiger partial charge on any atom is 0.127 e. The Morgan fingerprint density at radius 1 is 1.31 bits per heavy atom. The van der Waals surface area contributed by atoms with E-state index >= 15 is 0 Å². The Hall–Kier alpha value is -0.990. The Labute approximate surface area is 98.1 Å². The number of aryl methyl sites for hydroxylation is 1. The van der Waals surface area contributed by atoms with Gasteiger partial charge in [-0.05, 0) is 25.7 Å². The van der Waals surface area contributed by atoms with E-state index in [0.717, 1.165) is 30.8 Å². The Morgan fingerprint density at radius 2 is 1.94 bits per heavy atom. The maximum absolute atomic E-state index is 6.27. The molecule has 2 rings (SSSR count). The Balaban J connectivity index is 2.38. The van der Waals surface area contributed by atoms with Gasteiger partial charge in [-0.15, -0.1) is 0 Å². The molecule has 0 aliphatic heterocycles. The van der Waals surface area contributed by atoms with E-state index in [4.69, 9.17) is 10.7 Å². The summed E-state index contributed by atoms with van der Waals surface area (Å²) in [5.41, 5.74) is 7.42. The summed E-state index contributed by atoms with van der Waals surface area (Å²) in [4.78, 5) is 4.77. The quantitative estimate of drug-likeness (QED) is 0.829. The lowest BCUT2D eigenvalue weighted by Crippen LogP contribution is -2.06. The predicted molar refractivity (Wildman–Crippen MR) is 67.6 cm³/mol. The molecule has 2 N–H and O–H groups in total.